The van der Waals surface area contributed by atoms with Crippen LogP contribution in [0.25, 0.3) is 0 Å². The summed E-state index contributed by atoms with van der Waals surface area (Å²) in [6, 6.07) is 1.59. The molecule has 0 aliphatic heterocycles. The Morgan fingerprint density at radius 2 is 2.38 bits per heavy atom. The van der Waals surface area contributed by atoms with Gasteiger partial charge in [0.2, 0.25) is 0 Å². The summed E-state index contributed by atoms with van der Waals surface area (Å²) in [4.78, 5) is 18.9. The SMILES string of the molecule is CC(C)CNC(=O)c1ccncn1. The van der Waals surface area contributed by atoms with Gasteiger partial charge >= 0.3 is 0 Å². The van der Waals surface area contributed by atoms with Gasteiger partial charge in [-0.15, -0.1) is 0 Å². The topological polar surface area (TPSA) is 54.9 Å². The van der Waals surface area contributed by atoms with Crippen LogP contribution in [0.5, 0.6) is 0 Å². The van der Waals surface area contributed by atoms with Crippen LogP contribution in [-0.4, -0.2) is 22.4 Å². The summed E-state index contributed by atoms with van der Waals surface area (Å²) in [6.07, 6.45) is 2.92. The standard InChI is InChI=1S/C9H13N3O/c1-7(2)5-11-9(13)8-3-4-10-6-12-8/h3-4,6-7H,5H2,1-2H3,(H,11,13). The molecule has 0 radical (unpaired) electrons. The molecule has 4 nitrogen and oxygen atoms in total. The second-order valence-electron chi connectivity index (χ2n) is 3.20. The van der Waals surface area contributed by atoms with Gasteiger partial charge in [-0.2, -0.15) is 0 Å². The molecule has 4 heteroatoms. The molecule has 0 bridgehead atoms. The number of rotatable bonds is 3. The monoisotopic (exact) mass is 179 g/mol. The first kappa shape index (κ1) is 9.64. The van der Waals surface area contributed by atoms with Crippen LogP contribution in [0.15, 0.2) is 18.6 Å². The van der Waals surface area contributed by atoms with Crippen LogP contribution in [-0.2, 0) is 0 Å². The van der Waals surface area contributed by atoms with Crippen LogP contribution >= 0.6 is 0 Å². The highest BCUT2D eigenvalue weighted by Crippen LogP contribution is 1.92. The average Bonchev–Trinajstić information content (AvgIpc) is 2.15. The second-order valence-corrected chi connectivity index (χ2v) is 3.20. The number of nitrogens with one attached hydrogen (secondary N) is 1. The maximum atomic E-state index is 11.3. The molecule has 1 N–H and O–H groups in total. The van der Waals surface area contributed by atoms with E-state index < -0.39 is 0 Å². The fraction of sp³-hybridized carbons (Fsp3) is 0.444. The van der Waals surface area contributed by atoms with Crippen molar-refractivity contribution in [2.24, 2.45) is 5.92 Å². The third-order valence-electron chi connectivity index (χ3n) is 1.49. The normalized spacial score (nSPS) is 10.1. The van der Waals surface area contributed by atoms with Crippen molar-refractivity contribution in [2.75, 3.05) is 6.54 Å². The number of hydrogen-bond acceptors (Lipinski definition) is 3. The van der Waals surface area contributed by atoms with Gasteiger partial charge in [0.05, 0.1) is 0 Å². The van der Waals surface area contributed by atoms with Crippen LogP contribution in [0, 0.1) is 5.92 Å². The van der Waals surface area contributed by atoms with Gasteiger partial charge in [0.25, 0.3) is 5.91 Å². The first-order valence-corrected chi connectivity index (χ1v) is 4.24. The van der Waals surface area contributed by atoms with Crippen molar-refractivity contribution in [3.63, 3.8) is 0 Å². The molecule has 1 rings (SSSR count). The predicted octanol–water partition coefficient (Wildman–Crippen LogP) is 0.862. The van der Waals surface area contributed by atoms with Gasteiger partial charge in [-0.3, -0.25) is 4.79 Å². The zero-order valence-electron chi connectivity index (χ0n) is 7.82. The van der Waals surface area contributed by atoms with Crippen molar-refractivity contribution >= 4 is 5.91 Å². The molecule has 0 aliphatic rings. The maximum absolute atomic E-state index is 11.3. The minimum Gasteiger partial charge on any atom is -0.350 e. The Kier molecular flexibility index (Phi) is 3.37. The van der Waals surface area contributed by atoms with Crippen LogP contribution < -0.4 is 5.32 Å². The number of amides is 1. The Labute approximate surface area is 77.4 Å². The molecule has 70 valence electrons. The third-order valence-corrected chi connectivity index (χ3v) is 1.49. The number of carbonyl (C=O) groups is 1. The molecule has 13 heavy (non-hydrogen) atoms. The summed E-state index contributed by atoms with van der Waals surface area (Å²) in [5, 5.41) is 2.77. The fourth-order valence-corrected chi connectivity index (χ4v) is 0.812. The maximum Gasteiger partial charge on any atom is 0.270 e. The van der Waals surface area contributed by atoms with E-state index in [0.717, 1.165) is 0 Å². The van der Waals surface area contributed by atoms with Crippen LogP contribution in [0.1, 0.15) is 24.3 Å². The molecule has 1 heterocycles. The molecular formula is C9H13N3O. The number of aromatic nitrogens is 2. The quantitative estimate of drug-likeness (QED) is 0.748. The molecule has 0 saturated carbocycles. The summed E-state index contributed by atoms with van der Waals surface area (Å²) in [7, 11) is 0. The first-order valence-electron chi connectivity index (χ1n) is 4.24. The van der Waals surface area contributed by atoms with Crippen molar-refractivity contribution < 1.29 is 4.79 Å². The molecule has 0 aromatic carbocycles. The predicted molar refractivity (Wildman–Crippen MR) is 49.2 cm³/mol. The van der Waals surface area contributed by atoms with Crippen LogP contribution in [0.4, 0.5) is 0 Å². The van der Waals surface area contributed by atoms with E-state index in [-0.39, 0.29) is 5.91 Å². The molecule has 0 fully saturated rings. The van der Waals surface area contributed by atoms with E-state index in [2.05, 4.69) is 15.3 Å². The van der Waals surface area contributed by atoms with Crippen molar-refractivity contribution in [2.45, 2.75) is 13.8 Å². The average molecular weight is 179 g/mol. The Morgan fingerprint density at radius 3 is 2.92 bits per heavy atom. The van der Waals surface area contributed by atoms with Crippen molar-refractivity contribution in [1.29, 1.82) is 0 Å². The molecule has 1 amide bonds. The molecule has 0 unspecified atom stereocenters. The van der Waals surface area contributed by atoms with Gasteiger partial charge in [-0.1, -0.05) is 13.8 Å². The van der Waals surface area contributed by atoms with E-state index in [1.165, 1.54) is 6.33 Å². The van der Waals surface area contributed by atoms with Gasteiger partial charge in [0, 0.05) is 12.7 Å². The van der Waals surface area contributed by atoms with Crippen LogP contribution in [0.3, 0.4) is 0 Å². The molecule has 0 saturated heterocycles. The summed E-state index contributed by atoms with van der Waals surface area (Å²) in [5.74, 6) is 0.307. The van der Waals surface area contributed by atoms with Crippen molar-refractivity contribution in [3.05, 3.63) is 24.3 Å². The lowest BCUT2D eigenvalue weighted by molar-refractivity contribution is 0.0944. The van der Waals surface area contributed by atoms with Crippen molar-refractivity contribution in [3.8, 4) is 0 Å². The molecule has 1 aromatic rings. The summed E-state index contributed by atoms with van der Waals surface area (Å²) >= 11 is 0. The molecule has 0 atom stereocenters. The smallest absolute Gasteiger partial charge is 0.270 e. The van der Waals surface area contributed by atoms with Gasteiger partial charge in [-0.05, 0) is 12.0 Å². The van der Waals surface area contributed by atoms with E-state index >= 15 is 0 Å². The van der Waals surface area contributed by atoms with E-state index in [1.54, 1.807) is 12.3 Å². The van der Waals surface area contributed by atoms with Gasteiger partial charge < -0.3 is 5.32 Å². The molecular weight excluding hydrogens is 166 g/mol. The van der Waals surface area contributed by atoms with E-state index in [4.69, 9.17) is 0 Å². The lowest BCUT2D eigenvalue weighted by Gasteiger charge is -2.05. The number of nitrogens with zero attached hydrogens (tertiary/aromatic N) is 2. The summed E-state index contributed by atoms with van der Waals surface area (Å²) in [5.41, 5.74) is 0.413. The van der Waals surface area contributed by atoms with Crippen LogP contribution in [0.2, 0.25) is 0 Å². The van der Waals surface area contributed by atoms with Gasteiger partial charge in [0.15, 0.2) is 0 Å². The Bertz CT molecular complexity index is 271. The zero-order chi connectivity index (χ0) is 9.68. The summed E-state index contributed by atoms with van der Waals surface area (Å²) < 4.78 is 0. The minimum absolute atomic E-state index is 0.142. The van der Waals surface area contributed by atoms with Gasteiger partial charge in [0.1, 0.15) is 12.0 Å². The lowest BCUT2D eigenvalue weighted by Crippen LogP contribution is -2.27. The van der Waals surface area contributed by atoms with E-state index in [0.29, 0.717) is 18.2 Å². The second kappa shape index (κ2) is 4.54. The fourth-order valence-electron chi connectivity index (χ4n) is 0.812. The highest BCUT2D eigenvalue weighted by atomic mass is 16.1. The number of carbonyl (C=O) groups excluding carboxylic acids is 1. The highest BCUT2D eigenvalue weighted by Gasteiger charge is 2.05. The summed E-state index contributed by atoms with van der Waals surface area (Å²) in [6.45, 7) is 4.75. The molecule has 1 aromatic heterocycles. The minimum atomic E-state index is -0.142. The lowest BCUT2D eigenvalue weighted by atomic mass is 10.2. The Morgan fingerprint density at radius 1 is 1.62 bits per heavy atom. The van der Waals surface area contributed by atoms with E-state index in [9.17, 15) is 4.79 Å². The Balaban J connectivity index is 2.50. The van der Waals surface area contributed by atoms with E-state index in [1.807, 2.05) is 13.8 Å². The molecule has 0 spiro atoms. The van der Waals surface area contributed by atoms with Gasteiger partial charge in [-0.25, -0.2) is 9.97 Å². The Hall–Kier alpha value is -1.45. The zero-order valence-corrected chi connectivity index (χ0v) is 7.82. The first-order chi connectivity index (χ1) is 6.20. The molecule has 0 aliphatic carbocycles. The third kappa shape index (κ3) is 3.19. The van der Waals surface area contributed by atoms with Crippen molar-refractivity contribution in [1.82, 2.24) is 15.3 Å². The largest absolute Gasteiger partial charge is 0.350 e. The highest BCUT2D eigenvalue weighted by molar-refractivity contribution is 5.91. The number of hydrogen-bond donors (Lipinski definition) is 1.